The lowest BCUT2D eigenvalue weighted by atomic mass is 10.3. The number of nitrogens with one attached hydrogen (secondary N) is 1. The van der Waals surface area contributed by atoms with E-state index in [4.69, 9.17) is 0 Å². The quantitative estimate of drug-likeness (QED) is 0.743. The van der Waals surface area contributed by atoms with Gasteiger partial charge in [-0.05, 0) is 6.54 Å². The number of hydrogen-bond acceptors (Lipinski definition) is 3. The second-order valence-electron chi connectivity index (χ2n) is 4.41. The Morgan fingerprint density at radius 3 is 2.89 bits per heavy atom. The van der Waals surface area contributed by atoms with Crippen LogP contribution in [0, 0.1) is 0 Å². The van der Waals surface area contributed by atoms with Crippen LogP contribution in [0.25, 0.3) is 0 Å². The molecule has 0 bridgehead atoms. The summed E-state index contributed by atoms with van der Waals surface area (Å²) in [6.45, 7) is 5.05. The third kappa shape index (κ3) is 3.43. The molecule has 2 aromatic rings. The van der Waals surface area contributed by atoms with Crippen molar-refractivity contribution < 1.29 is 0 Å². The monoisotopic (exact) mass is 247 g/mol. The number of aryl methyl sites for hydroxylation is 3. The van der Waals surface area contributed by atoms with Crippen LogP contribution in [0.4, 0.5) is 0 Å². The molecule has 5 nitrogen and oxygen atoms in total. The summed E-state index contributed by atoms with van der Waals surface area (Å²) >= 11 is 0. The maximum absolute atomic E-state index is 4.41. The van der Waals surface area contributed by atoms with Crippen molar-refractivity contribution in [2.75, 3.05) is 13.1 Å². The van der Waals surface area contributed by atoms with E-state index in [0.717, 1.165) is 44.0 Å². The standard InChI is InChI=1S/C13H21N5/c1-3-14-6-4-12-10-18(11-16-12)8-5-13-15-7-9-17(13)2/h7,9-11,14H,3-6,8H2,1-2H3. The van der Waals surface area contributed by atoms with E-state index in [0.29, 0.717) is 0 Å². The normalized spacial score (nSPS) is 11.0. The van der Waals surface area contributed by atoms with Crippen LogP contribution in [0.3, 0.4) is 0 Å². The Balaban J connectivity index is 1.81. The van der Waals surface area contributed by atoms with Crippen molar-refractivity contribution in [3.63, 3.8) is 0 Å². The zero-order valence-corrected chi connectivity index (χ0v) is 11.1. The molecule has 2 aromatic heterocycles. The Morgan fingerprint density at radius 1 is 1.28 bits per heavy atom. The summed E-state index contributed by atoms with van der Waals surface area (Å²) in [6.07, 6.45) is 9.77. The van der Waals surface area contributed by atoms with Gasteiger partial charge in [0.25, 0.3) is 0 Å². The van der Waals surface area contributed by atoms with Gasteiger partial charge in [-0.3, -0.25) is 0 Å². The molecule has 1 N–H and O–H groups in total. The fraction of sp³-hybridized carbons (Fsp3) is 0.538. The lowest BCUT2D eigenvalue weighted by Gasteiger charge is -2.02. The van der Waals surface area contributed by atoms with Crippen LogP contribution in [0.2, 0.25) is 0 Å². The summed E-state index contributed by atoms with van der Waals surface area (Å²) < 4.78 is 4.19. The number of rotatable bonds is 7. The Kier molecular flexibility index (Phi) is 4.52. The van der Waals surface area contributed by atoms with E-state index < -0.39 is 0 Å². The summed E-state index contributed by atoms with van der Waals surface area (Å²) in [5.41, 5.74) is 1.15. The molecule has 0 atom stereocenters. The smallest absolute Gasteiger partial charge is 0.110 e. The Morgan fingerprint density at radius 2 is 2.17 bits per heavy atom. The van der Waals surface area contributed by atoms with Gasteiger partial charge in [0.1, 0.15) is 5.82 Å². The molecule has 0 aliphatic carbocycles. The molecule has 2 rings (SSSR count). The lowest BCUT2D eigenvalue weighted by molar-refractivity contribution is 0.648. The fourth-order valence-electron chi connectivity index (χ4n) is 1.92. The molecule has 98 valence electrons. The Hall–Kier alpha value is -1.62. The summed E-state index contributed by atoms with van der Waals surface area (Å²) in [5, 5.41) is 3.31. The number of aromatic nitrogens is 4. The maximum Gasteiger partial charge on any atom is 0.110 e. The van der Waals surface area contributed by atoms with E-state index in [2.05, 4.69) is 37.5 Å². The summed E-state index contributed by atoms with van der Waals surface area (Å²) in [7, 11) is 2.03. The highest BCUT2D eigenvalue weighted by Gasteiger charge is 2.02. The first-order valence-electron chi connectivity index (χ1n) is 6.47. The highest BCUT2D eigenvalue weighted by Crippen LogP contribution is 2.01. The van der Waals surface area contributed by atoms with E-state index in [1.165, 1.54) is 0 Å². The van der Waals surface area contributed by atoms with E-state index in [-0.39, 0.29) is 0 Å². The minimum atomic E-state index is 0.930. The van der Waals surface area contributed by atoms with Gasteiger partial charge in [0.15, 0.2) is 0 Å². The predicted molar refractivity (Wildman–Crippen MR) is 71.4 cm³/mol. The summed E-state index contributed by atoms with van der Waals surface area (Å²) in [4.78, 5) is 8.72. The first-order valence-corrected chi connectivity index (χ1v) is 6.47. The van der Waals surface area contributed by atoms with Gasteiger partial charge in [0.05, 0.1) is 12.0 Å². The molecule has 0 radical (unpaired) electrons. The molecule has 0 spiro atoms. The lowest BCUT2D eigenvalue weighted by Crippen LogP contribution is -2.16. The molecule has 0 saturated heterocycles. The molecule has 0 unspecified atom stereocenters. The van der Waals surface area contributed by atoms with Gasteiger partial charge in [-0.2, -0.15) is 0 Å². The zero-order chi connectivity index (χ0) is 12.8. The van der Waals surface area contributed by atoms with E-state index >= 15 is 0 Å². The van der Waals surface area contributed by atoms with Crippen molar-refractivity contribution in [3.8, 4) is 0 Å². The largest absolute Gasteiger partial charge is 0.338 e. The van der Waals surface area contributed by atoms with E-state index in [9.17, 15) is 0 Å². The second-order valence-corrected chi connectivity index (χ2v) is 4.41. The third-order valence-electron chi connectivity index (χ3n) is 3.01. The van der Waals surface area contributed by atoms with Crippen LogP contribution >= 0.6 is 0 Å². The molecule has 0 fully saturated rings. The van der Waals surface area contributed by atoms with Crippen LogP contribution in [-0.4, -0.2) is 32.2 Å². The molecule has 2 heterocycles. The van der Waals surface area contributed by atoms with Crippen LogP contribution in [0.5, 0.6) is 0 Å². The number of nitrogens with zero attached hydrogens (tertiary/aromatic N) is 4. The summed E-state index contributed by atoms with van der Waals surface area (Å²) in [5.74, 6) is 1.11. The van der Waals surface area contributed by atoms with E-state index in [1.54, 1.807) is 0 Å². The van der Waals surface area contributed by atoms with Gasteiger partial charge < -0.3 is 14.5 Å². The molecule has 18 heavy (non-hydrogen) atoms. The van der Waals surface area contributed by atoms with Crippen molar-refractivity contribution in [2.45, 2.75) is 26.3 Å². The van der Waals surface area contributed by atoms with Gasteiger partial charge in [0, 0.05) is 51.6 Å². The van der Waals surface area contributed by atoms with Crippen LogP contribution in [0.1, 0.15) is 18.4 Å². The van der Waals surface area contributed by atoms with Crippen LogP contribution < -0.4 is 5.32 Å². The van der Waals surface area contributed by atoms with Gasteiger partial charge in [-0.15, -0.1) is 0 Å². The Labute approximate surface area is 108 Å². The van der Waals surface area contributed by atoms with Crippen LogP contribution in [0.15, 0.2) is 24.9 Å². The van der Waals surface area contributed by atoms with Crippen molar-refractivity contribution in [2.24, 2.45) is 7.05 Å². The second kappa shape index (κ2) is 6.35. The zero-order valence-electron chi connectivity index (χ0n) is 11.1. The van der Waals surface area contributed by atoms with Crippen LogP contribution in [-0.2, 0) is 26.4 Å². The van der Waals surface area contributed by atoms with Gasteiger partial charge in [-0.25, -0.2) is 9.97 Å². The minimum absolute atomic E-state index is 0.930. The molecule has 0 aromatic carbocycles. The molecule has 0 aliphatic rings. The van der Waals surface area contributed by atoms with E-state index in [1.807, 2.05) is 25.8 Å². The molecule has 0 saturated carbocycles. The topological polar surface area (TPSA) is 47.7 Å². The predicted octanol–water partition coefficient (Wildman–Crippen LogP) is 1.01. The molecular weight excluding hydrogens is 226 g/mol. The highest BCUT2D eigenvalue weighted by atomic mass is 15.1. The number of likely N-dealkylation sites (N-methyl/N-ethyl adjacent to an activating group) is 1. The molecule has 5 heteroatoms. The third-order valence-corrected chi connectivity index (χ3v) is 3.01. The average Bonchev–Trinajstić information content (AvgIpc) is 2.96. The van der Waals surface area contributed by atoms with Crippen molar-refractivity contribution >= 4 is 0 Å². The highest BCUT2D eigenvalue weighted by molar-refractivity contribution is 4.98. The number of imidazole rings is 2. The molecule has 0 aliphatic heterocycles. The van der Waals surface area contributed by atoms with Crippen molar-refractivity contribution in [1.29, 1.82) is 0 Å². The minimum Gasteiger partial charge on any atom is -0.338 e. The van der Waals surface area contributed by atoms with Crippen molar-refractivity contribution in [3.05, 3.63) is 36.4 Å². The van der Waals surface area contributed by atoms with Crippen molar-refractivity contribution in [1.82, 2.24) is 24.4 Å². The summed E-state index contributed by atoms with van der Waals surface area (Å²) in [6, 6.07) is 0. The van der Waals surface area contributed by atoms with Gasteiger partial charge in [-0.1, -0.05) is 6.92 Å². The first-order chi connectivity index (χ1) is 8.79. The average molecular weight is 247 g/mol. The SMILES string of the molecule is CCNCCc1cn(CCc2nccn2C)cn1. The fourth-order valence-corrected chi connectivity index (χ4v) is 1.92. The Bertz CT molecular complexity index is 471. The number of hydrogen-bond donors (Lipinski definition) is 1. The molecular formula is C13H21N5. The van der Waals surface area contributed by atoms with Gasteiger partial charge in [0.2, 0.25) is 0 Å². The van der Waals surface area contributed by atoms with Gasteiger partial charge >= 0.3 is 0 Å². The maximum atomic E-state index is 4.41. The molecule has 0 amide bonds. The first kappa shape index (κ1) is 12.8.